The molecule has 0 aromatic rings. The lowest BCUT2D eigenvalue weighted by Gasteiger charge is -1.73. The Labute approximate surface area is 42.4 Å². The fraction of sp³-hybridized carbons (Fsp3) is 1.00. The quantitative estimate of drug-likeness (QED) is 0.527. The van der Waals surface area contributed by atoms with Crippen molar-refractivity contribution in [2.75, 3.05) is 6.26 Å². The van der Waals surface area contributed by atoms with Crippen molar-refractivity contribution in [3.63, 3.8) is 0 Å². The molecule has 0 radical (unpaired) electrons. The van der Waals surface area contributed by atoms with Crippen LogP contribution in [0.4, 0.5) is 3.89 Å². The highest BCUT2D eigenvalue weighted by Gasteiger charge is 1.74. The summed E-state index contributed by atoms with van der Waals surface area (Å²) in [5.41, 5.74) is 0. The summed E-state index contributed by atoms with van der Waals surface area (Å²) in [6.07, 6.45) is 1.83. The van der Waals surface area contributed by atoms with Crippen LogP contribution in [0, 0.1) is 0 Å². The van der Waals surface area contributed by atoms with Crippen LogP contribution in [0.25, 0.3) is 0 Å². The van der Waals surface area contributed by atoms with Crippen molar-refractivity contribution < 1.29 is 3.89 Å². The van der Waals surface area contributed by atoms with Crippen LogP contribution < -0.4 is 0 Å². The van der Waals surface area contributed by atoms with Crippen molar-refractivity contribution in [1.82, 2.24) is 0 Å². The fourth-order valence-electron chi connectivity index (χ4n) is 0.0257. The number of halogens is 1. The molecule has 0 atom stereocenters. The van der Waals surface area contributed by atoms with E-state index >= 15 is 0 Å². The van der Waals surface area contributed by atoms with Crippen LogP contribution in [-0.2, 0) is 0 Å². The molecule has 0 fully saturated rings. The molecule has 0 nitrogen and oxygen atoms in total. The van der Waals surface area contributed by atoms with Gasteiger partial charge in [-0.2, -0.15) is 3.89 Å². The van der Waals surface area contributed by atoms with Crippen molar-refractivity contribution in [2.24, 2.45) is 0 Å². The van der Waals surface area contributed by atoms with Gasteiger partial charge in [0.2, 0.25) is 0 Å². The summed E-state index contributed by atoms with van der Waals surface area (Å²) in [5.74, 6) is 0. The highest BCUT2D eigenvalue weighted by molar-refractivity contribution is 9.08. The molecule has 0 aliphatic rings. The molecular weight excluding hydrogens is 127 g/mol. The molecule has 0 rings (SSSR count). The number of rotatable bonds is 2. The zero-order valence-electron chi connectivity index (χ0n) is 2.60. The lowest BCUT2D eigenvalue weighted by molar-refractivity contribution is 0.954. The summed E-state index contributed by atoms with van der Waals surface area (Å²) in [5, 5.41) is 0. The van der Waals surface area contributed by atoms with Crippen molar-refractivity contribution in [3.05, 3.63) is 0 Å². The van der Waals surface area contributed by atoms with E-state index < -0.39 is 0 Å². The van der Waals surface area contributed by atoms with Gasteiger partial charge in [-0.15, -0.1) is 0 Å². The largest absolute Gasteiger partial charge is 0.152 e. The summed E-state index contributed by atoms with van der Waals surface area (Å²) in [7, 11) is 2.54. The minimum atomic E-state index is 0.281. The van der Waals surface area contributed by atoms with E-state index in [2.05, 4.69) is 0 Å². The minimum Gasteiger partial charge on any atom is -0.152 e. The van der Waals surface area contributed by atoms with Crippen LogP contribution in [0.15, 0.2) is 0 Å². The van der Waals surface area contributed by atoms with Gasteiger partial charge in [0.15, 0.2) is 0 Å². The van der Waals surface area contributed by atoms with E-state index in [-0.39, 0.29) is 11.2 Å². The summed E-state index contributed by atoms with van der Waals surface area (Å²) in [6.45, 7) is 0. The first kappa shape index (κ1) is 5.98. The molecule has 5 heavy (non-hydrogen) atoms. The second-order valence-electron chi connectivity index (χ2n) is 0.298. The Bertz CT molecular complexity index is 14.4. The molecule has 0 aliphatic carbocycles. The van der Waals surface area contributed by atoms with Crippen LogP contribution >= 0.6 is 31.8 Å². The van der Waals surface area contributed by atoms with Gasteiger partial charge in [0.25, 0.3) is 0 Å². The molecule has 0 aromatic heterocycles. The van der Waals surface area contributed by atoms with E-state index in [4.69, 9.17) is 0 Å². The average Bonchev–Trinajstić information content (AvgIpc) is 1.41. The lowest BCUT2D eigenvalue weighted by atomic mass is 12.0. The SMILES string of the molecule is CSSSF. The first-order valence-corrected chi connectivity index (χ1v) is 4.69. The molecule has 0 heterocycles. The third kappa shape index (κ3) is 4.98. The predicted octanol–water partition coefficient (Wildman–Crippen LogP) is 2.53. The fourth-order valence-corrected chi connectivity index (χ4v) is 0.694. The highest BCUT2D eigenvalue weighted by Crippen LogP contribution is 2.32. The Balaban J connectivity index is 2.19. The third-order valence-corrected chi connectivity index (χ3v) is 2.53. The summed E-state index contributed by atoms with van der Waals surface area (Å²) < 4.78 is 10.9. The smallest absolute Gasteiger partial charge is 0.126 e. The summed E-state index contributed by atoms with van der Waals surface area (Å²) >= 11 is 0.281. The summed E-state index contributed by atoms with van der Waals surface area (Å²) in [6, 6.07) is 0. The maximum atomic E-state index is 10.9. The molecule has 0 saturated carbocycles. The number of hydrogen-bond donors (Lipinski definition) is 0. The first-order valence-electron chi connectivity index (χ1n) is 0.896. The normalized spacial score (nSPS) is 8.40. The lowest BCUT2D eigenvalue weighted by Crippen LogP contribution is -1.23. The Morgan fingerprint density at radius 1 is 1.60 bits per heavy atom. The topological polar surface area (TPSA) is 0 Å². The Kier molecular flexibility index (Phi) is 5.96. The van der Waals surface area contributed by atoms with Gasteiger partial charge in [-0.25, -0.2) is 0 Å². The van der Waals surface area contributed by atoms with Gasteiger partial charge >= 0.3 is 0 Å². The molecule has 0 amide bonds. The average molecular weight is 130 g/mol. The van der Waals surface area contributed by atoms with Crippen LogP contribution in [0.1, 0.15) is 0 Å². The highest BCUT2D eigenvalue weighted by atomic mass is 33.5. The van der Waals surface area contributed by atoms with E-state index in [0.29, 0.717) is 0 Å². The van der Waals surface area contributed by atoms with Gasteiger partial charge in [0, 0.05) is 9.83 Å². The molecule has 4 heteroatoms. The second kappa shape index (κ2) is 4.98. The van der Waals surface area contributed by atoms with E-state index in [9.17, 15) is 3.89 Å². The molecule has 0 spiro atoms. The monoisotopic (exact) mass is 130 g/mol. The molecule has 0 aromatic carbocycles. The molecule has 0 aliphatic heterocycles. The zero-order chi connectivity index (χ0) is 4.12. The maximum absolute atomic E-state index is 10.9. The van der Waals surface area contributed by atoms with Crippen molar-refractivity contribution in [1.29, 1.82) is 0 Å². The van der Waals surface area contributed by atoms with Crippen molar-refractivity contribution in [2.45, 2.75) is 0 Å². The standard InChI is InChI=1S/CH3FS3/c1-3-5-4-2/h1H3. The first-order chi connectivity index (χ1) is 2.41. The van der Waals surface area contributed by atoms with Crippen molar-refractivity contribution >= 4 is 31.8 Å². The Morgan fingerprint density at radius 3 is 2.20 bits per heavy atom. The molecular formula is CH3FS3. The van der Waals surface area contributed by atoms with Crippen LogP contribution in [0.5, 0.6) is 0 Å². The van der Waals surface area contributed by atoms with E-state index in [1.54, 1.807) is 0 Å². The molecule has 0 N–H and O–H groups in total. The van der Waals surface area contributed by atoms with Gasteiger partial charge < -0.3 is 0 Å². The Hall–Kier alpha value is 0.980. The molecule has 0 bridgehead atoms. The van der Waals surface area contributed by atoms with Crippen molar-refractivity contribution in [3.8, 4) is 0 Å². The van der Waals surface area contributed by atoms with E-state index in [0.717, 1.165) is 9.83 Å². The van der Waals surface area contributed by atoms with Crippen LogP contribution in [0.2, 0.25) is 0 Å². The molecule has 32 valence electrons. The minimum absolute atomic E-state index is 0.281. The van der Waals surface area contributed by atoms with Gasteiger partial charge in [-0.3, -0.25) is 0 Å². The van der Waals surface area contributed by atoms with Gasteiger partial charge in [-0.1, -0.05) is 10.8 Å². The molecule has 0 saturated heterocycles. The number of hydrogen-bond acceptors (Lipinski definition) is 3. The zero-order valence-corrected chi connectivity index (χ0v) is 5.05. The predicted molar refractivity (Wildman–Crippen MR) is 29.8 cm³/mol. The van der Waals surface area contributed by atoms with Crippen LogP contribution in [0.3, 0.4) is 0 Å². The molecule has 0 unspecified atom stereocenters. The van der Waals surface area contributed by atoms with Crippen LogP contribution in [-0.4, -0.2) is 6.26 Å². The van der Waals surface area contributed by atoms with Gasteiger partial charge in [0.05, 0.1) is 0 Å². The Morgan fingerprint density at radius 2 is 2.20 bits per heavy atom. The maximum Gasteiger partial charge on any atom is 0.126 e. The van der Waals surface area contributed by atoms with E-state index in [1.165, 1.54) is 10.8 Å². The second-order valence-corrected chi connectivity index (χ2v) is 3.90. The summed E-state index contributed by atoms with van der Waals surface area (Å²) in [4.78, 5) is 0. The van der Waals surface area contributed by atoms with Gasteiger partial charge in [-0.05, 0) is 6.26 Å². The third-order valence-electron chi connectivity index (χ3n) is 0.0938. The van der Waals surface area contributed by atoms with Gasteiger partial charge in [0.1, 0.15) is 11.2 Å². The van der Waals surface area contributed by atoms with E-state index in [1.807, 2.05) is 6.26 Å².